The highest BCUT2D eigenvalue weighted by atomic mass is 16.2. The molecular weight excluding hydrogens is 514 g/mol. The molecule has 1 heterocycles. The lowest BCUT2D eigenvalue weighted by atomic mass is 9.49. The summed E-state index contributed by atoms with van der Waals surface area (Å²) in [6.45, 7) is 4.05. The molecule has 2 aromatic rings. The fourth-order valence-electron chi connectivity index (χ4n) is 9.25. The number of amides is 1. The van der Waals surface area contributed by atoms with Crippen LogP contribution in [0.2, 0.25) is 0 Å². The van der Waals surface area contributed by atoms with Gasteiger partial charge in [-0.05, 0) is 74.8 Å². The van der Waals surface area contributed by atoms with E-state index < -0.39 is 0 Å². The van der Waals surface area contributed by atoms with Crippen molar-refractivity contribution >= 4 is 16.9 Å². The van der Waals surface area contributed by atoms with Crippen molar-refractivity contribution in [2.75, 3.05) is 6.54 Å². The number of carbonyl (C=O) groups is 1. The average Bonchev–Trinajstić information content (AvgIpc) is 3.33. The minimum absolute atomic E-state index is 0.0531. The van der Waals surface area contributed by atoms with E-state index in [2.05, 4.69) is 41.1 Å². The Hall–Kier alpha value is -1.84. The topological polar surface area (TPSA) is 46.9 Å². The van der Waals surface area contributed by atoms with Crippen LogP contribution in [0.4, 0.5) is 0 Å². The Morgan fingerprint density at radius 2 is 1.26 bits per heavy atom. The molecule has 0 atom stereocenters. The van der Waals surface area contributed by atoms with Crippen LogP contribution >= 0.6 is 0 Å². The van der Waals surface area contributed by atoms with Gasteiger partial charge in [0.05, 0.1) is 11.0 Å². The van der Waals surface area contributed by atoms with Gasteiger partial charge in [0, 0.05) is 24.9 Å². The molecule has 0 aliphatic heterocycles. The van der Waals surface area contributed by atoms with Crippen molar-refractivity contribution in [1.29, 1.82) is 0 Å². The van der Waals surface area contributed by atoms with Crippen molar-refractivity contribution in [3.05, 3.63) is 30.1 Å². The molecular formula is C38H61N3O. The predicted octanol–water partition coefficient (Wildman–Crippen LogP) is 10.2. The number of carbonyl (C=O) groups excluding carboxylic acids is 1. The summed E-state index contributed by atoms with van der Waals surface area (Å²) >= 11 is 0. The lowest BCUT2D eigenvalue weighted by Crippen LogP contribution is -2.53. The number of nitrogens with zero attached hydrogens (tertiary/aromatic N) is 2. The molecule has 4 aliphatic carbocycles. The Morgan fingerprint density at radius 1 is 0.762 bits per heavy atom. The van der Waals surface area contributed by atoms with Crippen molar-refractivity contribution in [3.63, 3.8) is 0 Å². The van der Waals surface area contributed by atoms with Crippen molar-refractivity contribution in [2.45, 2.75) is 161 Å². The van der Waals surface area contributed by atoms with Crippen LogP contribution in [0.1, 0.15) is 154 Å². The van der Waals surface area contributed by atoms with E-state index in [0.717, 1.165) is 61.3 Å². The summed E-state index contributed by atoms with van der Waals surface area (Å²) < 4.78 is 2.44. The lowest BCUT2D eigenvalue weighted by Gasteiger charge is -2.55. The molecule has 4 fully saturated rings. The van der Waals surface area contributed by atoms with Gasteiger partial charge in [-0.15, -0.1) is 0 Å². The van der Waals surface area contributed by atoms with E-state index in [4.69, 9.17) is 4.98 Å². The average molecular weight is 576 g/mol. The molecule has 4 nitrogen and oxygen atoms in total. The molecule has 1 N–H and O–H groups in total. The maximum Gasteiger partial charge on any atom is 0.226 e. The molecule has 0 radical (unpaired) electrons. The Labute approximate surface area is 257 Å². The van der Waals surface area contributed by atoms with Crippen molar-refractivity contribution in [3.8, 4) is 0 Å². The molecule has 4 heteroatoms. The fourth-order valence-corrected chi connectivity index (χ4v) is 9.25. The van der Waals surface area contributed by atoms with Gasteiger partial charge in [0.2, 0.25) is 5.91 Å². The Balaban J connectivity index is 0.962. The fraction of sp³-hybridized carbons (Fsp3) is 0.789. The molecule has 1 aromatic carbocycles. The van der Waals surface area contributed by atoms with Gasteiger partial charge < -0.3 is 9.88 Å². The largest absolute Gasteiger partial charge is 0.355 e. The highest BCUT2D eigenvalue weighted by Gasteiger charge is 2.54. The van der Waals surface area contributed by atoms with Crippen LogP contribution in [0.3, 0.4) is 0 Å². The van der Waals surface area contributed by atoms with Crippen LogP contribution in [0.5, 0.6) is 0 Å². The summed E-state index contributed by atoms with van der Waals surface area (Å²) in [5, 5.41) is 3.39. The zero-order valence-electron chi connectivity index (χ0n) is 27.0. The van der Waals surface area contributed by atoms with Gasteiger partial charge in [0.25, 0.3) is 0 Å². The first-order valence-electron chi connectivity index (χ1n) is 18.4. The molecule has 234 valence electrons. The Morgan fingerprint density at radius 3 is 1.81 bits per heavy atom. The minimum atomic E-state index is -0.0531. The van der Waals surface area contributed by atoms with Gasteiger partial charge in [-0.3, -0.25) is 4.79 Å². The second-order valence-corrected chi connectivity index (χ2v) is 14.7. The number of benzene rings is 1. The van der Waals surface area contributed by atoms with Gasteiger partial charge >= 0.3 is 0 Å². The minimum Gasteiger partial charge on any atom is -0.355 e. The second-order valence-electron chi connectivity index (χ2n) is 14.7. The number of hydrogen-bond donors (Lipinski definition) is 1. The number of aromatic nitrogens is 2. The highest BCUT2D eigenvalue weighted by Crippen LogP contribution is 2.60. The van der Waals surface area contributed by atoms with Gasteiger partial charge in [0.15, 0.2) is 0 Å². The number of hydrogen-bond acceptors (Lipinski definition) is 2. The highest BCUT2D eigenvalue weighted by molar-refractivity contribution is 5.83. The lowest BCUT2D eigenvalue weighted by molar-refractivity contribution is -0.146. The number of fused-ring (bicyclic) bond motifs is 1. The van der Waals surface area contributed by atoms with E-state index in [-0.39, 0.29) is 5.41 Å². The molecule has 0 unspecified atom stereocenters. The summed E-state index contributed by atoms with van der Waals surface area (Å²) in [6.07, 6.45) is 30.8. The zero-order valence-corrected chi connectivity index (χ0v) is 27.0. The van der Waals surface area contributed by atoms with E-state index in [1.165, 1.54) is 128 Å². The summed E-state index contributed by atoms with van der Waals surface area (Å²) in [6, 6.07) is 8.57. The number of para-hydroxylation sites is 2. The van der Waals surface area contributed by atoms with Crippen molar-refractivity contribution < 1.29 is 4.79 Å². The number of rotatable bonds is 21. The van der Waals surface area contributed by atoms with Crippen LogP contribution in [0.15, 0.2) is 24.3 Å². The third-order valence-corrected chi connectivity index (χ3v) is 11.1. The van der Waals surface area contributed by atoms with Gasteiger partial charge in [-0.25, -0.2) is 4.98 Å². The molecule has 4 bridgehead atoms. The van der Waals surface area contributed by atoms with Crippen LogP contribution in [-0.2, 0) is 17.8 Å². The molecule has 1 amide bonds. The van der Waals surface area contributed by atoms with E-state index in [1.54, 1.807) is 0 Å². The third-order valence-electron chi connectivity index (χ3n) is 11.1. The Kier molecular flexibility index (Phi) is 12.3. The monoisotopic (exact) mass is 575 g/mol. The number of unbranched alkanes of at least 4 members (excludes halogenated alkanes) is 15. The molecule has 42 heavy (non-hydrogen) atoms. The van der Waals surface area contributed by atoms with Crippen LogP contribution < -0.4 is 5.32 Å². The van der Waals surface area contributed by atoms with Crippen LogP contribution in [-0.4, -0.2) is 22.0 Å². The summed E-state index contributed by atoms with van der Waals surface area (Å²) in [5.74, 6) is 3.92. The zero-order chi connectivity index (χ0) is 29.0. The quantitative estimate of drug-likeness (QED) is 0.151. The number of imidazole rings is 1. The number of nitrogens with one attached hydrogen (secondary N) is 1. The normalized spacial score (nSPS) is 24.5. The molecule has 0 spiro atoms. The van der Waals surface area contributed by atoms with Crippen molar-refractivity contribution in [1.82, 2.24) is 14.9 Å². The molecule has 4 saturated carbocycles. The van der Waals surface area contributed by atoms with Gasteiger partial charge in [-0.1, -0.05) is 115 Å². The maximum atomic E-state index is 13.4. The third kappa shape index (κ3) is 8.63. The smallest absolute Gasteiger partial charge is 0.226 e. The standard InChI is InChI=1S/C38H61N3O/c1-2-3-4-5-6-7-8-9-10-11-12-13-14-15-16-19-24-41-35-21-18-17-20-34(35)40-36(41)22-23-39-37(42)38-28-31-25-32(29-38)27-33(26-31)30-38/h17-18,20-21,31-33H,2-16,19,22-30H2,1H3,(H,39,42). The maximum absolute atomic E-state index is 13.4. The van der Waals surface area contributed by atoms with Crippen LogP contribution in [0.25, 0.3) is 11.0 Å². The van der Waals surface area contributed by atoms with E-state index in [0.29, 0.717) is 12.5 Å². The van der Waals surface area contributed by atoms with Crippen molar-refractivity contribution in [2.24, 2.45) is 23.2 Å². The van der Waals surface area contributed by atoms with Gasteiger partial charge in [0.1, 0.15) is 5.82 Å². The van der Waals surface area contributed by atoms with E-state index >= 15 is 0 Å². The second kappa shape index (κ2) is 16.3. The predicted molar refractivity (Wildman–Crippen MR) is 177 cm³/mol. The van der Waals surface area contributed by atoms with Gasteiger partial charge in [-0.2, -0.15) is 0 Å². The van der Waals surface area contributed by atoms with E-state index in [9.17, 15) is 4.79 Å². The first-order valence-corrected chi connectivity index (χ1v) is 18.4. The molecule has 0 saturated heterocycles. The summed E-state index contributed by atoms with van der Waals surface area (Å²) in [5.41, 5.74) is 2.29. The molecule has 6 rings (SSSR count). The number of aryl methyl sites for hydroxylation is 1. The van der Waals surface area contributed by atoms with Crippen LogP contribution in [0, 0.1) is 23.2 Å². The molecule has 1 aromatic heterocycles. The SMILES string of the molecule is CCCCCCCCCCCCCCCCCCn1c(CCNC(=O)C23CC4CC(CC(C4)C2)C3)nc2ccccc21. The summed E-state index contributed by atoms with van der Waals surface area (Å²) in [7, 11) is 0. The first kappa shape index (κ1) is 31.6. The Bertz CT molecular complexity index is 1050. The van der Waals surface area contributed by atoms with E-state index in [1.807, 2.05) is 0 Å². The summed E-state index contributed by atoms with van der Waals surface area (Å²) in [4.78, 5) is 18.4. The first-order chi connectivity index (χ1) is 20.7. The molecule has 4 aliphatic rings.